The number of nitrogens with two attached hydrogens (primary N) is 2. The molecule has 4 N–H and O–H groups in total. The fourth-order valence-electron chi connectivity index (χ4n) is 1.06. The molecule has 0 bridgehead atoms. The van der Waals surface area contributed by atoms with Gasteiger partial charge in [0.25, 0.3) is 0 Å². The smallest absolute Gasteiger partial charge is 0.204 e. The fraction of sp³-hybridized carbons (Fsp3) is 1.00. The molecule has 1 atom stereocenters. The summed E-state index contributed by atoms with van der Waals surface area (Å²) in [6.07, 6.45) is 1.21. The normalized spacial score (nSPS) is 15.2. The van der Waals surface area contributed by atoms with E-state index in [1.54, 1.807) is 0 Å². The number of hydrogen-bond acceptors (Lipinski definition) is 3. The summed E-state index contributed by atoms with van der Waals surface area (Å²) in [5.41, 5.74) is 11.3. The van der Waals surface area contributed by atoms with Crippen LogP contribution in [-0.4, -0.2) is 23.1 Å². The van der Waals surface area contributed by atoms with Gasteiger partial charge >= 0.3 is 0 Å². The Labute approximate surface area is 78.3 Å². The summed E-state index contributed by atoms with van der Waals surface area (Å²) in [7, 11) is -2.75. The maximum Gasteiger partial charge on any atom is 0.204 e. The summed E-state index contributed by atoms with van der Waals surface area (Å²) in [6, 6.07) is 1.23. The molecule has 0 aliphatic carbocycles. The molecule has 0 saturated carbocycles. The topological polar surface area (TPSA) is 61.3 Å². The molecule has 1 unspecified atom stereocenters. The van der Waals surface area contributed by atoms with E-state index in [0.717, 1.165) is 0 Å². The van der Waals surface area contributed by atoms with E-state index >= 15 is 0 Å². The summed E-state index contributed by atoms with van der Waals surface area (Å²) in [4.78, 5) is 0. The maximum absolute atomic E-state index is 5.97. The summed E-state index contributed by atoms with van der Waals surface area (Å²) in [5, 5.41) is 0. The number of rotatable bonds is 5. The summed E-state index contributed by atoms with van der Waals surface area (Å²) in [6.45, 7) is 8.60. The zero-order valence-corrected chi connectivity index (χ0v) is 10.8. The molecule has 0 fully saturated rings. The zero-order valence-electron chi connectivity index (χ0n) is 8.63. The van der Waals surface area contributed by atoms with Gasteiger partial charge in [0, 0.05) is 0 Å². The number of hydrogen-bond donors (Lipinski definition) is 2. The third-order valence-electron chi connectivity index (χ3n) is 2.00. The molecule has 0 aliphatic heterocycles. The minimum atomic E-state index is -1.76. The molecule has 0 saturated heterocycles. The van der Waals surface area contributed by atoms with Gasteiger partial charge in [-0.2, -0.15) is 0 Å². The molecule has 12 heavy (non-hydrogen) atoms. The Bertz CT molecular complexity index is 131. The standard InChI is InChI=1S/C7H22N2OSi2/c1-5-6-11(2)10-12(3,4)7(8)9/h7,11H,5-6,8-9H2,1-4H3. The summed E-state index contributed by atoms with van der Waals surface area (Å²) >= 11 is 0. The van der Waals surface area contributed by atoms with Crippen molar-refractivity contribution in [1.82, 2.24) is 0 Å². The molecule has 0 amide bonds. The molecule has 74 valence electrons. The lowest BCUT2D eigenvalue weighted by Gasteiger charge is -2.30. The van der Waals surface area contributed by atoms with Crippen LogP contribution in [0, 0.1) is 0 Å². The van der Waals surface area contributed by atoms with Crippen LogP contribution in [0.15, 0.2) is 0 Å². The van der Waals surface area contributed by atoms with E-state index in [1.807, 2.05) is 0 Å². The highest BCUT2D eigenvalue weighted by Gasteiger charge is 2.29. The average molecular weight is 206 g/mol. The van der Waals surface area contributed by atoms with E-state index in [4.69, 9.17) is 15.6 Å². The molecule has 0 radical (unpaired) electrons. The first-order chi connectivity index (χ1) is 5.40. The molecule has 0 spiro atoms. The van der Waals surface area contributed by atoms with Crippen molar-refractivity contribution < 1.29 is 4.12 Å². The minimum Gasteiger partial charge on any atom is -0.456 e. The van der Waals surface area contributed by atoms with Crippen molar-refractivity contribution in [1.29, 1.82) is 0 Å². The molecule has 0 heterocycles. The third kappa shape index (κ3) is 4.37. The van der Waals surface area contributed by atoms with Crippen molar-refractivity contribution in [2.45, 2.75) is 44.8 Å². The first-order valence-electron chi connectivity index (χ1n) is 4.59. The summed E-state index contributed by atoms with van der Waals surface area (Å²) < 4.78 is 5.97. The Balaban J connectivity index is 3.88. The highest BCUT2D eigenvalue weighted by atomic mass is 28.4. The second-order valence-electron chi connectivity index (χ2n) is 3.85. The van der Waals surface area contributed by atoms with Gasteiger partial charge in [0.1, 0.15) is 0 Å². The molecule has 0 aliphatic rings. The van der Waals surface area contributed by atoms with E-state index < -0.39 is 17.4 Å². The fourth-order valence-corrected chi connectivity index (χ4v) is 7.12. The lowest BCUT2D eigenvalue weighted by atomic mass is 10.6. The highest BCUT2D eigenvalue weighted by Crippen LogP contribution is 2.10. The SMILES string of the molecule is CCC[SiH](C)O[Si](C)(C)C(N)N. The van der Waals surface area contributed by atoms with Crippen molar-refractivity contribution in [3.8, 4) is 0 Å². The van der Waals surface area contributed by atoms with Gasteiger partial charge in [-0.25, -0.2) is 0 Å². The Hall–Kier alpha value is 0.314. The predicted molar refractivity (Wildman–Crippen MR) is 58.8 cm³/mol. The quantitative estimate of drug-likeness (QED) is 0.515. The van der Waals surface area contributed by atoms with Crippen LogP contribution in [0.4, 0.5) is 0 Å². The Kier molecular flexibility index (Phi) is 5.27. The van der Waals surface area contributed by atoms with Crippen molar-refractivity contribution in [3.63, 3.8) is 0 Å². The van der Waals surface area contributed by atoms with Gasteiger partial charge in [-0.15, -0.1) is 0 Å². The maximum atomic E-state index is 5.97. The lowest BCUT2D eigenvalue weighted by molar-refractivity contribution is 0.539. The van der Waals surface area contributed by atoms with Crippen LogP contribution in [-0.2, 0) is 4.12 Å². The van der Waals surface area contributed by atoms with Gasteiger partial charge in [0.2, 0.25) is 8.32 Å². The van der Waals surface area contributed by atoms with Crippen molar-refractivity contribution in [2.24, 2.45) is 11.5 Å². The minimum absolute atomic E-state index is 0.246. The first-order valence-corrected chi connectivity index (χ1v) is 10.0. The van der Waals surface area contributed by atoms with E-state index in [0.29, 0.717) is 0 Å². The van der Waals surface area contributed by atoms with Crippen LogP contribution in [0.3, 0.4) is 0 Å². The van der Waals surface area contributed by atoms with Gasteiger partial charge in [0.15, 0.2) is 9.04 Å². The van der Waals surface area contributed by atoms with E-state index in [2.05, 4.69) is 26.6 Å². The molecule has 0 aromatic heterocycles. The molecular formula is C7H22N2OSi2. The first kappa shape index (κ1) is 12.3. The van der Waals surface area contributed by atoms with Gasteiger partial charge in [-0.3, -0.25) is 0 Å². The third-order valence-corrected chi connectivity index (χ3v) is 9.04. The van der Waals surface area contributed by atoms with Gasteiger partial charge in [-0.05, 0) is 25.7 Å². The molecule has 0 rings (SSSR count). The lowest BCUT2D eigenvalue weighted by Crippen LogP contribution is -2.57. The van der Waals surface area contributed by atoms with Crippen LogP contribution in [0.2, 0.25) is 25.7 Å². The second-order valence-corrected chi connectivity index (χ2v) is 10.9. The molecule has 5 heteroatoms. The molecular weight excluding hydrogens is 184 g/mol. The van der Waals surface area contributed by atoms with Crippen LogP contribution in [0.1, 0.15) is 13.3 Å². The molecule has 0 aromatic carbocycles. The monoisotopic (exact) mass is 206 g/mol. The molecule has 0 aromatic rings. The highest BCUT2D eigenvalue weighted by molar-refractivity contribution is 6.79. The predicted octanol–water partition coefficient (Wildman–Crippen LogP) is 0.754. The largest absolute Gasteiger partial charge is 0.456 e. The van der Waals surface area contributed by atoms with Gasteiger partial charge in [-0.1, -0.05) is 13.3 Å². The van der Waals surface area contributed by atoms with Crippen molar-refractivity contribution >= 4 is 17.4 Å². The Morgan fingerprint density at radius 1 is 1.42 bits per heavy atom. The van der Waals surface area contributed by atoms with Crippen molar-refractivity contribution in [2.75, 3.05) is 0 Å². The Morgan fingerprint density at radius 3 is 2.25 bits per heavy atom. The zero-order chi connectivity index (χ0) is 9.78. The average Bonchev–Trinajstić information content (AvgIpc) is 1.85. The van der Waals surface area contributed by atoms with Crippen molar-refractivity contribution in [3.05, 3.63) is 0 Å². The van der Waals surface area contributed by atoms with E-state index in [-0.39, 0.29) is 5.79 Å². The van der Waals surface area contributed by atoms with Crippen LogP contribution < -0.4 is 11.5 Å². The van der Waals surface area contributed by atoms with E-state index in [1.165, 1.54) is 12.5 Å². The van der Waals surface area contributed by atoms with E-state index in [9.17, 15) is 0 Å². The second kappa shape index (κ2) is 5.13. The Morgan fingerprint density at radius 2 is 1.92 bits per heavy atom. The van der Waals surface area contributed by atoms with Crippen LogP contribution in [0.5, 0.6) is 0 Å². The van der Waals surface area contributed by atoms with Gasteiger partial charge in [0.05, 0.1) is 5.79 Å². The summed E-state index contributed by atoms with van der Waals surface area (Å²) in [5.74, 6) is -0.246. The van der Waals surface area contributed by atoms with Crippen LogP contribution >= 0.6 is 0 Å². The van der Waals surface area contributed by atoms with Gasteiger partial charge < -0.3 is 15.6 Å². The van der Waals surface area contributed by atoms with Crippen LogP contribution in [0.25, 0.3) is 0 Å². The molecule has 3 nitrogen and oxygen atoms in total.